The molecule has 0 N–H and O–H groups in total. The van der Waals surface area contributed by atoms with Gasteiger partial charge in [0, 0.05) is 12.6 Å². The van der Waals surface area contributed by atoms with Gasteiger partial charge in [-0.2, -0.15) is 0 Å². The lowest BCUT2D eigenvalue weighted by molar-refractivity contribution is -0.255. The Kier molecular flexibility index (Phi) is 13.4. The van der Waals surface area contributed by atoms with Crippen LogP contribution in [-0.4, -0.2) is 84.1 Å². The van der Waals surface area contributed by atoms with E-state index in [1.54, 1.807) is 0 Å². The van der Waals surface area contributed by atoms with E-state index in [9.17, 15) is 0 Å². The van der Waals surface area contributed by atoms with E-state index >= 15 is 0 Å². The normalized spacial score (nSPS) is 17.8. The number of nitrogens with zero attached hydrogens (tertiary/aromatic N) is 1. The van der Waals surface area contributed by atoms with Crippen molar-refractivity contribution in [3.63, 3.8) is 0 Å². The van der Waals surface area contributed by atoms with Crippen molar-refractivity contribution >= 4 is 0 Å². The van der Waals surface area contributed by atoms with Crippen LogP contribution in [0.5, 0.6) is 0 Å². The molecule has 0 unspecified atom stereocenters. The Bertz CT molecular complexity index is 578. The molecule has 0 saturated heterocycles. The summed E-state index contributed by atoms with van der Waals surface area (Å²) in [5.41, 5.74) is -1.48. The number of hydrogen-bond donors (Lipinski definition) is 0. The Morgan fingerprint density at radius 1 is 0.571 bits per heavy atom. The predicted molar refractivity (Wildman–Crippen MR) is 147 cm³/mol. The van der Waals surface area contributed by atoms with E-state index in [4.69, 9.17) is 23.7 Å². The van der Waals surface area contributed by atoms with Gasteiger partial charge in [-0.25, -0.2) is 0 Å². The molecule has 0 spiro atoms. The molecule has 6 heteroatoms. The van der Waals surface area contributed by atoms with Crippen molar-refractivity contribution in [2.75, 3.05) is 20.2 Å². The fourth-order valence-electron chi connectivity index (χ4n) is 3.58. The van der Waals surface area contributed by atoms with Gasteiger partial charge in [-0.1, -0.05) is 0 Å². The molecule has 0 radical (unpaired) electrons. The van der Waals surface area contributed by atoms with Gasteiger partial charge in [0.05, 0.1) is 41.2 Å². The highest BCUT2D eigenvalue weighted by atomic mass is 16.6. The summed E-state index contributed by atoms with van der Waals surface area (Å²) in [6.45, 7) is 34.5. The quantitative estimate of drug-likeness (QED) is 0.286. The van der Waals surface area contributed by atoms with E-state index in [1.807, 2.05) is 13.8 Å². The van der Waals surface area contributed by atoms with Gasteiger partial charge in [0.2, 0.25) is 0 Å². The van der Waals surface area contributed by atoms with Gasteiger partial charge in [0.1, 0.15) is 18.3 Å². The molecule has 0 aliphatic rings. The van der Waals surface area contributed by atoms with Crippen LogP contribution in [-0.2, 0) is 23.7 Å². The summed E-state index contributed by atoms with van der Waals surface area (Å²) in [5, 5.41) is 0. The first-order chi connectivity index (χ1) is 15.4. The number of hydrogen-bond acceptors (Lipinski definition) is 6. The van der Waals surface area contributed by atoms with Crippen molar-refractivity contribution in [1.29, 1.82) is 0 Å². The average molecular weight is 504 g/mol. The summed E-state index contributed by atoms with van der Waals surface area (Å²) in [5.74, 6) is 0. The van der Waals surface area contributed by atoms with Crippen molar-refractivity contribution in [3.8, 4) is 0 Å². The molecule has 0 aliphatic carbocycles. The lowest BCUT2D eigenvalue weighted by Gasteiger charge is -2.46. The summed E-state index contributed by atoms with van der Waals surface area (Å²) >= 11 is 0. The van der Waals surface area contributed by atoms with E-state index in [1.165, 1.54) is 0 Å². The fourth-order valence-corrected chi connectivity index (χ4v) is 3.58. The second kappa shape index (κ2) is 13.5. The second-order valence-electron chi connectivity index (χ2n) is 14.3. The van der Waals surface area contributed by atoms with E-state index in [2.05, 4.69) is 109 Å². The summed E-state index contributed by atoms with van der Waals surface area (Å²) in [7, 11) is 2.13. The molecular weight excluding hydrogens is 442 g/mol. The third kappa shape index (κ3) is 17.0. The fraction of sp³-hybridized carbons (Fsp3) is 1.00. The van der Waals surface area contributed by atoms with Crippen LogP contribution in [0.1, 0.15) is 111 Å². The van der Waals surface area contributed by atoms with Crippen LogP contribution in [0.3, 0.4) is 0 Å². The van der Waals surface area contributed by atoms with Gasteiger partial charge < -0.3 is 28.6 Å². The number of rotatable bonds is 13. The molecule has 0 aromatic heterocycles. The zero-order valence-corrected chi connectivity index (χ0v) is 26.4. The first-order valence-corrected chi connectivity index (χ1v) is 13.4. The predicted octanol–water partition coefficient (Wildman–Crippen LogP) is 6.49. The number of likely N-dealkylation sites (N-methyl/N-ethyl adjacent to an activating group) is 1. The topological polar surface area (TPSA) is 49.4 Å². The van der Waals surface area contributed by atoms with E-state index in [0.717, 1.165) is 0 Å². The monoisotopic (exact) mass is 503 g/mol. The largest absolute Gasteiger partial charge is 0.373 e. The SMILES string of the molecule is CC(C)O[C@H](COC(C)(C)C)[C@@H](OC(C)(C)C)[C@H](OC(C)(C)C)[C@H](CN(C)C(C)C)OC(C)(C)C. The molecule has 0 heterocycles. The lowest BCUT2D eigenvalue weighted by atomic mass is 9.97. The van der Waals surface area contributed by atoms with Crippen molar-refractivity contribution < 1.29 is 23.7 Å². The molecule has 0 bridgehead atoms. The zero-order valence-electron chi connectivity index (χ0n) is 26.4. The Morgan fingerprint density at radius 3 is 1.29 bits per heavy atom. The molecule has 0 fully saturated rings. The van der Waals surface area contributed by atoms with Crippen molar-refractivity contribution in [2.24, 2.45) is 0 Å². The minimum Gasteiger partial charge on any atom is -0.373 e. The van der Waals surface area contributed by atoms with Crippen LogP contribution in [0.2, 0.25) is 0 Å². The molecule has 6 nitrogen and oxygen atoms in total. The molecular formula is C29H61NO5. The summed E-state index contributed by atoms with van der Waals surface area (Å²) in [6.07, 6.45) is -1.38. The van der Waals surface area contributed by atoms with Gasteiger partial charge in [-0.05, 0) is 118 Å². The lowest BCUT2D eigenvalue weighted by Crippen LogP contribution is -2.59. The van der Waals surface area contributed by atoms with Crippen LogP contribution >= 0.6 is 0 Å². The molecule has 0 saturated carbocycles. The van der Waals surface area contributed by atoms with Gasteiger partial charge in [0.15, 0.2) is 0 Å². The van der Waals surface area contributed by atoms with Crippen LogP contribution in [0, 0.1) is 0 Å². The highest BCUT2D eigenvalue weighted by Gasteiger charge is 2.44. The Balaban J connectivity index is 6.72. The van der Waals surface area contributed by atoms with Gasteiger partial charge in [0.25, 0.3) is 0 Å². The molecule has 0 aliphatic heterocycles. The third-order valence-electron chi connectivity index (χ3n) is 5.02. The average Bonchev–Trinajstić information content (AvgIpc) is 2.57. The molecule has 0 rings (SSSR count). The standard InChI is InChI=1S/C29H61NO5/c1-20(2)30(17)18-22(33-27(8,9)10)24(34-28(11,12)13)25(35-29(14,15)16)23(32-21(3)4)19-31-26(5,6)7/h20-25H,18-19H2,1-17H3/t22-,23+,24+,25+/m0/s1. The van der Waals surface area contributed by atoms with Crippen LogP contribution in [0.15, 0.2) is 0 Å². The summed E-state index contributed by atoms with van der Waals surface area (Å²) in [4.78, 5) is 2.30. The van der Waals surface area contributed by atoms with E-state index in [-0.39, 0.29) is 35.6 Å². The van der Waals surface area contributed by atoms with Crippen LogP contribution in [0.25, 0.3) is 0 Å². The maximum absolute atomic E-state index is 6.82. The maximum atomic E-state index is 6.82. The molecule has 35 heavy (non-hydrogen) atoms. The van der Waals surface area contributed by atoms with Crippen molar-refractivity contribution in [2.45, 2.75) is 170 Å². The summed E-state index contributed by atoms with van der Waals surface area (Å²) in [6, 6.07) is 0.366. The molecule has 0 aromatic carbocycles. The Labute approximate surface area is 218 Å². The van der Waals surface area contributed by atoms with Crippen molar-refractivity contribution in [3.05, 3.63) is 0 Å². The smallest absolute Gasteiger partial charge is 0.115 e. The third-order valence-corrected chi connectivity index (χ3v) is 5.02. The molecule has 0 amide bonds. The first kappa shape index (κ1) is 34.8. The highest BCUT2D eigenvalue weighted by Crippen LogP contribution is 2.30. The van der Waals surface area contributed by atoms with Gasteiger partial charge in [-0.3, -0.25) is 0 Å². The van der Waals surface area contributed by atoms with E-state index in [0.29, 0.717) is 19.2 Å². The number of ether oxygens (including phenoxy) is 5. The second-order valence-corrected chi connectivity index (χ2v) is 14.3. The zero-order chi connectivity index (χ0) is 28.0. The minimum atomic E-state index is -0.416. The first-order valence-electron chi connectivity index (χ1n) is 13.4. The maximum Gasteiger partial charge on any atom is 0.115 e. The van der Waals surface area contributed by atoms with Crippen LogP contribution < -0.4 is 0 Å². The molecule has 4 atom stereocenters. The molecule has 212 valence electrons. The Morgan fingerprint density at radius 2 is 0.971 bits per heavy atom. The van der Waals surface area contributed by atoms with Crippen molar-refractivity contribution in [1.82, 2.24) is 4.90 Å². The Hall–Kier alpha value is -0.240. The van der Waals surface area contributed by atoms with Gasteiger partial charge in [-0.15, -0.1) is 0 Å². The minimum absolute atomic E-state index is 0.00486. The van der Waals surface area contributed by atoms with E-state index < -0.39 is 17.3 Å². The highest BCUT2D eigenvalue weighted by molar-refractivity contribution is 4.92. The molecule has 0 aromatic rings. The van der Waals surface area contributed by atoms with Gasteiger partial charge >= 0.3 is 0 Å². The van der Waals surface area contributed by atoms with Crippen LogP contribution in [0.4, 0.5) is 0 Å². The summed E-state index contributed by atoms with van der Waals surface area (Å²) < 4.78 is 33.1.